The molecule has 2 atom stereocenters. The fraction of sp³-hybridized carbons (Fsp3) is 0.800. The van der Waals surface area contributed by atoms with Gasteiger partial charge in [0, 0.05) is 30.9 Å². The Morgan fingerprint density at radius 1 is 1.42 bits per heavy atom. The summed E-state index contributed by atoms with van der Waals surface area (Å²) in [7, 11) is 2.01. The van der Waals surface area contributed by atoms with E-state index < -0.39 is 0 Å². The van der Waals surface area contributed by atoms with Crippen LogP contribution >= 0.6 is 0 Å². The first-order valence-electron chi connectivity index (χ1n) is 7.63. The molecule has 2 heterocycles. The lowest BCUT2D eigenvalue weighted by Crippen LogP contribution is -2.41. The zero-order valence-electron chi connectivity index (χ0n) is 12.6. The zero-order chi connectivity index (χ0) is 13.8. The van der Waals surface area contributed by atoms with Crippen molar-refractivity contribution in [1.29, 1.82) is 0 Å². The van der Waals surface area contributed by atoms with E-state index in [1.165, 1.54) is 49.9 Å². The SMILES string of the molecule is CCC1CCCCCN1C(CN)c1cnn(C)c1C. The number of hydrogen-bond acceptors (Lipinski definition) is 3. The molecule has 1 fully saturated rings. The van der Waals surface area contributed by atoms with Crippen LogP contribution in [-0.4, -0.2) is 33.8 Å². The minimum atomic E-state index is 0.330. The molecule has 4 heteroatoms. The van der Waals surface area contributed by atoms with Crippen molar-refractivity contribution in [3.05, 3.63) is 17.5 Å². The second-order valence-electron chi connectivity index (χ2n) is 5.71. The maximum absolute atomic E-state index is 6.10. The quantitative estimate of drug-likeness (QED) is 0.908. The van der Waals surface area contributed by atoms with Crippen molar-refractivity contribution in [2.24, 2.45) is 12.8 Å². The van der Waals surface area contributed by atoms with Crippen LogP contribution < -0.4 is 5.73 Å². The van der Waals surface area contributed by atoms with Crippen molar-refractivity contribution >= 4 is 0 Å². The van der Waals surface area contributed by atoms with Crippen LogP contribution in [0.25, 0.3) is 0 Å². The second-order valence-corrected chi connectivity index (χ2v) is 5.71. The molecular formula is C15H28N4. The lowest BCUT2D eigenvalue weighted by Gasteiger charge is -2.36. The molecule has 0 saturated carbocycles. The van der Waals surface area contributed by atoms with Gasteiger partial charge in [0.05, 0.1) is 12.2 Å². The van der Waals surface area contributed by atoms with Gasteiger partial charge in [-0.15, -0.1) is 0 Å². The minimum Gasteiger partial charge on any atom is -0.329 e. The van der Waals surface area contributed by atoms with Gasteiger partial charge in [-0.1, -0.05) is 19.8 Å². The molecule has 0 amide bonds. The van der Waals surface area contributed by atoms with Gasteiger partial charge in [-0.2, -0.15) is 5.10 Å². The maximum Gasteiger partial charge on any atom is 0.0540 e. The van der Waals surface area contributed by atoms with Gasteiger partial charge in [-0.3, -0.25) is 9.58 Å². The van der Waals surface area contributed by atoms with Gasteiger partial charge in [-0.05, 0) is 32.7 Å². The Labute approximate surface area is 117 Å². The number of rotatable bonds is 4. The van der Waals surface area contributed by atoms with Crippen LogP contribution in [0.15, 0.2) is 6.20 Å². The number of nitrogens with two attached hydrogens (primary N) is 1. The average molecular weight is 264 g/mol. The van der Waals surface area contributed by atoms with Crippen molar-refractivity contribution in [3.63, 3.8) is 0 Å². The van der Waals surface area contributed by atoms with Crippen LogP contribution in [-0.2, 0) is 7.05 Å². The molecule has 1 aromatic heterocycles. The normalized spacial score (nSPS) is 23.3. The zero-order valence-corrected chi connectivity index (χ0v) is 12.6. The molecule has 0 spiro atoms. The molecule has 1 aliphatic heterocycles. The molecule has 0 aliphatic carbocycles. The van der Waals surface area contributed by atoms with E-state index in [9.17, 15) is 0 Å². The summed E-state index contributed by atoms with van der Waals surface area (Å²) in [5, 5.41) is 4.39. The van der Waals surface area contributed by atoms with E-state index in [1.54, 1.807) is 0 Å². The van der Waals surface area contributed by atoms with Crippen LogP contribution in [0.2, 0.25) is 0 Å². The third kappa shape index (κ3) is 3.00. The minimum absolute atomic E-state index is 0.330. The van der Waals surface area contributed by atoms with Gasteiger partial charge in [0.15, 0.2) is 0 Å². The summed E-state index contributed by atoms with van der Waals surface area (Å²) >= 11 is 0. The average Bonchev–Trinajstić information content (AvgIpc) is 2.65. The Morgan fingerprint density at radius 3 is 2.79 bits per heavy atom. The van der Waals surface area contributed by atoms with Gasteiger partial charge in [0.2, 0.25) is 0 Å². The highest BCUT2D eigenvalue weighted by atomic mass is 15.3. The largest absolute Gasteiger partial charge is 0.329 e. The molecule has 108 valence electrons. The summed E-state index contributed by atoms with van der Waals surface area (Å²) < 4.78 is 1.96. The predicted octanol–water partition coefficient (Wildman–Crippen LogP) is 2.38. The first-order chi connectivity index (χ1) is 9.19. The topological polar surface area (TPSA) is 47.1 Å². The van der Waals surface area contributed by atoms with Crippen LogP contribution in [0, 0.1) is 6.92 Å². The van der Waals surface area contributed by atoms with Gasteiger partial charge < -0.3 is 5.73 Å². The fourth-order valence-electron chi connectivity index (χ4n) is 3.33. The number of hydrogen-bond donors (Lipinski definition) is 1. The lowest BCUT2D eigenvalue weighted by atomic mass is 10.0. The fourth-order valence-corrected chi connectivity index (χ4v) is 3.33. The summed E-state index contributed by atoms with van der Waals surface area (Å²) in [6, 6.07) is 1.01. The van der Waals surface area contributed by atoms with E-state index >= 15 is 0 Å². The van der Waals surface area contributed by atoms with E-state index in [0.29, 0.717) is 18.6 Å². The van der Waals surface area contributed by atoms with Crippen molar-refractivity contribution in [2.75, 3.05) is 13.1 Å². The second kappa shape index (κ2) is 6.53. The first-order valence-corrected chi connectivity index (χ1v) is 7.63. The molecule has 2 N–H and O–H groups in total. The Kier molecular flexibility index (Phi) is 4.99. The monoisotopic (exact) mass is 264 g/mol. The van der Waals surface area contributed by atoms with E-state index in [1.807, 2.05) is 17.9 Å². The third-order valence-corrected chi connectivity index (χ3v) is 4.65. The molecule has 19 heavy (non-hydrogen) atoms. The number of likely N-dealkylation sites (tertiary alicyclic amines) is 1. The Hall–Kier alpha value is -0.870. The van der Waals surface area contributed by atoms with E-state index in [4.69, 9.17) is 5.73 Å². The molecule has 0 radical (unpaired) electrons. The molecule has 4 nitrogen and oxygen atoms in total. The van der Waals surface area contributed by atoms with Crippen molar-refractivity contribution in [2.45, 2.75) is 58.0 Å². The van der Waals surface area contributed by atoms with Gasteiger partial charge in [0.1, 0.15) is 0 Å². The lowest BCUT2D eigenvalue weighted by molar-refractivity contribution is 0.135. The van der Waals surface area contributed by atoms with E-state index in [0.717, 1.165) is 0 Å². The summed E-state index contributed by atoms with van der Waals surface area (Å²) in [6.45, 7) is 6.30. The summed E-state index contributed by atoms with van der Waals surface area (Å²) in [4.78, 5) is 2.64. The van der Waals surface area contributed by atoms with Crippen LogP contribution in [0.1, 0.15) is 56.3 Å². The first kappa shape index (κ1) is 14.5. The molecule has 1 saturated heterocycles. The predicted molar refractivity (Wildman–Crippen MR) is 79.0 cm³/mol. The summed E-state index contributed by atoms with van der Waals surface area (Å²) in [5.41, 5.74) is 8.66. The molecule has 2 unspecified atom stereocenters. The van der Waals surface area contributed by atoms with E-state index in [2.05, 4.69) is 23.8 Å². The van der Waals surface area contributed by atoms with Gasteiger partial charge >= 0.3 is 0 Å². The highest BCUT2D eigenvalue weighted by Gasteiger charge is 2.28. The molecule has 2 rings (SSSR count). The van der Waals surface area contributed by atoms with Crippen LogP contribution in [0.3, 0.4) is 0 Å². The summed E-state index contributed by atoms with van der Waals surface area (Å²) in [6.07, 6.45) is 8.55. The van der Waals surface area contributed by atoms with Crippen LogP contribution in [0.4, 0.5) is 0 Å². The number of nitrogens with zero attached hydrogens (tertiary/aromatic N) is 3. The standard InChI is InChI=1S/C15H28N4/c1-4-13-8-6-5-7-9-19(13)15(10-16)14-11-17-18(3)12(14)2/h11,13,15H,4-10,16H2,1-3H3. The van der Waals surface area contributed by atoms with Crippen molar-refractivity contribution in [3.8, 4) is 0 Å². The molecule has 0 bridgehead atoms. The Morgan fingerprint density at radius 2 is 2.21 bits per heavy atom. The molecule has 0 aromatic carbocycles. The number of aromatic nitrogens is 2. The molecule has 1 aromatic rings. The third-order valence-electron chi connectivity index (χ3n) is 4.65. The maximum atomic E-state index is 6.10. The van der Waals surface area contributed by atoms with Crippen LogP contribution in [0.5, 0.6) is 0 Å². The number of aryl methyl sites for hydroxylation is 1. The highest BCUT2D eigenvalue weighted by Crippen LogP contribution is 2.30. The Bertz CT molecular complexity index is 399. The van der Waals surface area contributed by atoms with Crippen molar-refractivity contribution in [1.82, 2.24) is 14.7 Å². The smallest absolute Gasteiger partial charge is 0.0540 e. The van der Waals surface area contributed by atoms with Crippen molar-refractivity contribution < 1.29 is 0 Å². The Balaban J connectivity index is 2.26. The highest BCUT2D eigenvalue weighted by molar-refractivity contribution is 5.21. The van der Waals surface area contributed by atoms with Gasteiger partial charge in [0.25, 0.3) is 0 Å². The van der Waals surface area contributed by atoms with Gasteiger partial charge in [-0.25, -0.2) is 0 Å². The molecular weight excluding hydrogens is 236 g/mol. The molecule has 1 aliphatic rings. The van der Waals surface area contributed by atoms with E-state index in [-0.39, 0.29) is 0 Å². The summed E-state index contributed by atoms with van der Waals surface area (Å²) in [5.74, 6) is 0.